The van der Waals surface area contributed by atoms with Gasteiger partial charge in [0, 0.05) is 12.3 Å². The Morgan fingerprint density at radius 3 is 2.37 bits per heavy atom. The summed E-state index contributed by atoms with van der Waals surface area (Å²) in [4.78, 5) is 24.3. The molecule has 0 heterocycles. The average Bonchev–Trinajstić information content (AvgIpc) is 2.38. The molecular weight excluding hydrogens is 242 g/mol. The standard InChI is InChI=1S/C15H15NO3/c1-10(15(18)19)16(11(2)17)14-9-5-7-12-6-3-4-8-13(12)14/h3-10H,1-2H3,(H,18,19)/t10-/m0/s1. The molecule has 1 N–H and O–H groups in total. The van der Waals surface area contributed by atoms with Crippen LogP contribution in [0.2, 0.25) is 0 Å². The van der Waals surface area contributed by atoms with Crippen molar-refractivity contribution in [3.05, 3.63) is 42.5 Å². The van der Waals surface area contributed by atoms with Gasteiger partial charge < -0.3 is 5.11 Å². The molecule has 0 fully saturated rings. The summed E-state index contributed by atoms with van der Waals surface area (Å²) in [7, 11) is 0. The topological polar surface area (TPSA) is 57.6 Å². The lowest BCUT2D eigenvalue weighted by atomic mass is 10.1. The fraction of sp³-hybridized carbons (Fsp3) is 0.200. The smallest absolute Gasteiger partial charge is 0.326 e. The van der Waals surface area contributed by atoms with Crippen LogP contribution in [0.15, 0.2) is 42.5 Å². The van der Waals surface area contributed by atoms with E-state index in [1.807, 2.05) is 36.4 Å². The maximum absolute atomic E-state index is 11.8. The van der Waals surface area contributed by atoms with Crippen molar-refractivity contribution < 1.29 is 14.7 Å². The second-order valence-electron chi connectivity index (χ2n) is 4.40. The number of carbonyl (C=O) groups is 2. The summed E-state index contributed by atoms with van der Waals surface area (Å²) in [6.45, 7) is 2.88. The third-order valence-corrected chi connectivity index (χ3v) is 3.11. The van der Waals surface area contributed by atoms with Crippen molar-refractivity contribution >= 4 is 28.3 Å². The monoisotopic (exact) mass is 257 g/mol. The molecule has 98 valence electrons. The van der Waals surface area contributed by atoms with Crippen LogP contribution in [0, 0.1) is 0 Å². The molecule has 0 aliphatic heterocycles. The number of carbonyl (C=O) groups excluding carboxylic acids is 1. The van der Waals surface area contributed by atoms with Gasteiger partial charge in [0.2, 0.25) is 5.91 Å². The molecule has 19 heavy (non-hydrogen) atoms. The van der Waals surface area contributed by atoms with Gasteiger partial charge >= 0.3 is 5.97 Å². The lowest BCUT2D eigenvalue weighted by molar-refractivity contribution is -0.139. The van der Waals surface area contributed by atoms with Crippen LogP contribution in [0.25, 0.3) is 10.8 Å². The van der Waals surface area contributed by atoms with Crippen LogP contribution >= 0.6 is 0 Å². The molecule has 0 spiro atoms. The number of hydrogen-bond donors (Lipinski definition) is 1. The Balaban J connectivity index is 2.63. The Kier molecular flexibility index (Phi) is 3.51. The van der Waals surface area contributed by atoms with Crippen molar-refractivity contribution in [1.29, 1.82) is 0 Å². The quantitative estimate of drug-likeness (QED) is 0.919. The van der Waals surface area contributed by atoms with Crippen molar-refractivity contribution in [2.24, 2.45) is 0 Å². The molecule has 0 bridgehead atoms. The van der Waals surface area contributed by atoms with Gasteiger partial charge in [0.15, 0.2) is 0 Å². The number of fused-ring (bicyclic) bond motifs is 1. The number of carboxylic acids is 1. The largest absolute Gasteiger partial charge is 0.480 e. The molecule has 0 saturated carbocycles. The van der Waals surface area contributed by atoms with Crippen LogP contribution in [0.3, 0.4) is 0 Å². The predicted octanol–water partition coefficient (Wildman–Crippen LogP) is 2.67. The van der Waals surface area contributed by atoms with Gasteiger partial charge in [-0.1, -0.05) is 36.4 Å². The SMILES string of the molecule is CC(=O)N(c1cccc2ccccc12)[C@@H](C)C(=O)O. The summed E-state index contributed by atoms with van der Waals surface area (Å²) in [6, 6.07) is 12.2. The van der Waals surface area contributed by atoms with Gasteiger partial charge in [-0.2, -0.15) is 0 Å². The zero-order chi connectivity index (χ0) is 14.0. The van der Waals surface area contributed by atoms with E-state index in [4.69, 9.17) is 5.11 Å². The van der Waals surface area contributed by atoms with Gasteiger partial charge in [-0.3, -0.25) is 9.69 Å². The first-order chi connectivity index (χ1) is 9.02. The molecule has 0 aliphatic carbocycles. The molecular formula is C15H15NO3. The molecule has 0 unspecified atom stereocenters. The number of aliphatic carboxylic acids is 1. The zero-order valence-corrected chi connectivity index (χ0v) is 10.8. The van der Waals surface area contributed by atoms with E-state index in [9.17, 15) is 9.59 Å². The van der Waals surface area contributed by atoms with Gasteiger partial charge in [0.25, 0.3) is 0 Å². The van der Waals surface area contributed by atoms with Gasteiger partial charge in [-0.05, 0) is 18.4 Å². The maximum Gasteiger partial charge on any atom is 0.326 e. The van der Waals surface area contributed by atoms with Gasteiger partial charge in [0.05, 0.1) is 5.69 Å². The minimum absolute atomic E-state index is 0.286. The molecule has 2 aromatic rings. The molecule has 2 aromatic carbocycles. The number of amides is 1. The minimum atomic E-state index is -1.02. The Bertz CT molecular complexity index is 631. The van der Waals surface area contributed by atoms with Crippen LogP contribution in [0.4, 0.5) is 5.69 Å². The van der Waals surface area contributed by atoms with Crippen molar-refractivity contribution in [2.45, 2.75) is 19.9 Å². The first kappa shape index (κ1) is 13.1. The van der Waals surface area contributed by atoms with E-state index >= 15 is 0 Å². The predicted molar refractivity (Wildman–Crippen MR) is 74.2 cm³/mol. The van der Waals surface area contributed by atoms with Gasteiger partial charge in [-0.25, -0.2) is 4.79 Å². The Morgan fingerprint density at radius 1 is 1.11 bits per heavy atom. The highest BCUT2D eigenvalue weighted by Crippen LogP contribution is 2.28. The highest BCUT2D eigenvalue weighted by atomic mass is 16.4. The number of nitrogens with zero attached hydrogens (tertiary/aromatic N) is 1. The van der Waals surface area contributed by atoms with Crippen LogP contribution in [-0.4, -0.2) is 23.0 Å². The van der Waals surface area contributed by atoms with Crippen LogP contribution < -0.4 is 4.90 Å². The second kappa shape index (κ2) is 5.10. The summed E-state index contributed by atoms with van der Waals surface area (Å²) < 4.78 is 0. The maximum atomic E-state index is 11.8. The number of anilines is 1. The van der Waals surface area contributed by atoms with E-state index in [-0.39, 0.29) is 5.91 Å². The summed E-state index contributed by atoms with van der Waals surface area (Å²) in [5, 5.41) is 11.0. The molecule has 1 amide bonds. The number of carboxylic acid groups (broad SMARTS) is 1. The lowest BCUT2D eigenvalue weighted by Gasteiger charge is -2.26. The van der Waals surface area contributed by atoms with E-state index in [1.54, 1.807) is 6.07 Å². The van der Waals surface area contributed by atoms with Crippen LogP contribution in [0.5, 0.6) is 0 Å². The number of hydrogen-bond acceptors (Lipinski definition) is 2. The lowest BCUT2D eigenvalue weighted by Crippen LogP contribution is -2.42. The van der Waals surface area contributed by atoms with E-state index in [1.165, 1.54) is 18.7 Å². The van der Waals surface area contributed by atoms with E-state index in [0.717, 1.165) is 10.8 Å². The third kappa shape index (κ3) is 2.42. The molecule has 0 saturated heterocycles. The van der Waals surface area contributed by atoms with E-state index in [2.05, 4.69) is 0 Å². The molecule has 4 heteroatoms. The molecule has 0 radical (unpaired) electrons. The molecule has 0 aliphatic rings. The Hall–Kier alpha value is -2.36. The summed E-state index contributed by atoms with van der Waals surface area (Å²) in [5.74, 6) is -1.31. The molecule has 1 atom stereocenters. The highest BCUT2D eigenvalue weighted by molar-refractivity contribution is 6.05. The molecule has 0 aromatic heterocycles. The summed E-state index contributed by atoms with van der Waals surface area (Å²) in [5.41, 5.74) is 0.625. The highest BCUT2D eigenvalue weighted by Gasteiger charge is 2.25. The first-order valence-electron chi connectivity index (χ1n) is 6.02. The third-order valence-electron chi connectivity index (χ3n) is 3.11. The zero-order valence-electron chi connectivity index (χ0n) is 10.8. The normalized spacial score (nSPS) is 12.1. The van der Waals surface area contributed by atoms with Crippen molar-refractivity contribution in [1.82, 2.24) is 0 Å². The average molecular weight is 257 g/mol. The minimum Gasteiger partial charge on any atom is -0.480 e. The fourth-order valence-corrected chi connectivity index (χ4v) is 2.18. The summed E-state index contributed by atoms with van der Waals surface area (Å²) >= 11 is 0. The van der Waals surface area contributed by atoms with E-state index in [0.29, 0.717) is 5.69 Å². The first-order valence-corrected chi connectivity index (χ1v) is 6.02. The summed E-state index contributed by atoms with van der Waals surface area (Å²) in [6.07, 6.45) is 0. The van der Waals surface area contributed by atoms with Crippen molar-refractivity contribution in [3.63, 3.8) is 0 Å². The second-order valence-corrected chi connectivity index (χ2v) is 4.40. The van der Waals surface area contributed by atoms with Gasteiger partial charge in [-0.15, -0.1) is 0 Å². The fourth-order valence-electron chi connectivity index (χ4n) is 2.18. The van der Waals surface area contributed by atoms with Crippen molar-refractivity contribution in [3.8, 4) is 0 Å². The van der Waals surface area contributed by atoms with Crippen LogP contribution in [0.1, 0.15) is 13.8 Å². The van der Waals surface area contributed by atoms with Gasteiger partial charge in [0.1, 0.15) is 6.04 Å². The molecule has 2 rings (SSSR count). The Labute approximate surface area is 111 Å². The number of benzene rings is 2. The van der Waals surface area contributed by atoms with Crippen molar-refractivity contribution in [2.75, 3.05) is 4.90 Å². The number of rotatable bonds is 3. The van der Waals surface area contributed by atoms with Crippen LogP contribution in [-0.2, 0) is 9.59 Å². The van der Waals surface area contributed by atoms with E-state index < -0.39 is 12.0 Å². The molecule has 4 nitrogen and oxygen atoms in total. The Morgan fingerprint density at radius 2 is 1.74 bits per heavy atom.